The molecule has 2 heterocycles. The summed E-state index contributed by atoms with van der Waals surface area (Å²) in [5, 5.41) is 5.09. The molecule has 0 saturated heterocycles. The first-order valence-corrected chi connectivity index (χ1v) is 12.5. The molecule has 7 heteroatoms. The Kier molecular flexibility index (Phi) is 7.53. The molecule has 6 nitrogen and oxygen atoms in total. The van der Waals surface area contributed by atoms with E-state index in [4.69, 9.17) is 9.47 Å². The van der Waals surface area contributed by atoms with Crippen LogP contribution in [0.1, 0.15) is 52.2 Å². The second kappa shape index (κ2) is 10.7. The van der Waals surface area contributed by atoms with Crippen LogP contribution in [0.5, 0.6) is 11.5 Å². The predicted octanol–water partition coefficient (Wildman–Crippen LogP) is 4.81. The number of fused-ring (bicyclic) bond motifs is 1. The monoisotopic (exact) mass is 478 g/mol. The minimum atomic E-state index is -0.475. The Hall–Kier alpha value is -3.32. The number of carbonyl (C=O) groups is 2. The van der Waals surface area contributed by atoms with Crippen LogP contribution in [0.4, 0.5) is 0 Å². The number of amides is 2. The van der Waals surface area contributed by atoms with Gasteiger partial charge in [-0.3, -0.25) is 9.59 Å². The standard InChI is InChI=1S/C27H30N2O4S/c1-4-32-21-13-12-18(17-22(21)33-5-2)14-15-28-26(30)24-19-9-6-7-10-20(19)27(31)29(3)25(24)23-11-8-16-34-23/h6-13,16-17,24-25H,4-5,14-15H2,1-3H3,(H,28,30). The van der Waals surface area contributed by atoms with Gasteiger partial charge >= 0.3 is 0 Å². The van der Waals surface area contributed by atoms with Gasteiger partial charge in [-0.1, -0.05) is 30.3 Å². The normalized spacial score (nSPS) is 17.3. The zero-order valence-electron chi connectivity index (χ0n) is 19.7. The average molecular weight is 479 g/mol. The van der Waals surface area contributed by atoms with E-state index in [0.717, 1.165) is 21.8 Å². The summed E-state index contributed by atoms with van der Waals surface area (Å²) >= 11 is 1.56. The molecule has 0 fully saturated rings. The Morgan fingerprint density at radius 2 is 1.79 bits per heavy atom. The molecular weight excluding hydrogens is 448 g/mol. The third kappa shape index (κ3) is 4.80. The summed E-state index contributed by atoms with van der Waals surface area (Å²) in [6.45, 7) is 5.48. The lowest BCUT2D eigenvalue weighted by Gasteiger charge is -2.39. The molecule has 34 heavy (non-hydrogen) atoms. The maximum absolute atomic E-state index is 13.5. The first-order valence-electron chi connectivity index (χ1n) is 11.6. The van der Waals surface area contributed by atoms with E-state index < -0.39 is 5.92 Å². The lowest BCUT2D eigenvalue weighted by molar-refractivity contribution is -0.124. The van der Waals surface area contributed by atoms with Gasteiger partial charge in [-0.25, -0.2) is 0 Å². The summed E-state index contributed by atoms with van der Waals surface area (Å²) in [7, 11) is 1.78. The number of ether oxygens (including phenoxy) is 2. The first kappa shape index (κ1) is 23.8. The highest BCUT2D eigenvalue weighted by molar-refractivity contribution is 7.10. The first-order chi connectivity index (χ1) is 16.5. The summed E-state index contributed by atoms with van der Waals surface area (Å²) in [6, 6.07) is 16.9. The second-order valence-corrected chi connectivity index (χ2v) is 9.11. The van der Waals surface area contributed by atoms with E-state index >= 15 is 0 Å². The number of hydrogen-bond acceptors (Lipinski definition) is 5. The summed E-state index contributed by atoms with van der Waals surface area (Å²) in [5.41, 5.74) is 2.42. The van der Waals surface area contributed by atoms with Gasteiger partial charge in [0.1, 0.15) is 0 Å². The van der Waals surface area contributed by atoms with Gasteiger partial charge in [0.25, 0.3) is 5.91 Å². The van der Waals surface area contributed by atoms with E-state index in [1.54, 1.807) is 29.4 Å². The number of benzene rings is 2. The number of nitrogens with zero attached hydrogens (tertiary/aromatic N) is 1. The van der Waals surface area contributed by atoms with Gasteiger partial charge in [0, 0.05) is 24.0 Å². The molecule has 2 unspecified atom stereocenters. The molecule has 1 N–H and O–H groups in total. The number of rotatable bonds is 9. The smallest absolute Gasteiger partial charge is 0.254 e. The van der Waals surface area contributed by atoms with Crippen LogP contribution in [0.3, 0.4) is 0 Å². The van der Waals surface area contributed by atoms with Crippen molar-refractivity contribution in [1.29, 1.82) is 0 Å². The van der Waals surface area contributed by atoms with Crippen molar-refractivity contribution in [1.82, 2.24) is 10.2 Å². The fourth-order valence-electron chi connectivity index (χ4n) is 4.46. The predicted molar refractivity (Wildman–Crippen MR) is 134 cm³/mol. The van der Waals surface area contributed by atoms with Crippen molar-refractivity contribution in [2.45, 2.75) is 32.2 Å². The summed E-state index contributed by atoms with van der Waals surface area (Å²) in [5.74, 6) is 0.823. The van der Waals surface area contributed by atoms with Gasteiger partial charge in [0.05, 0.1) is 25.2 Å². The zero-order chi connectivity index (χ0) is 24.1. The maximum atomic E-state index is 13.5. The number of likely N-dealkylation sites (N-methyl/N-ethyl adjacent to an activating group) is 1. The van der Waals surface area contributed by atoms with Crippen LogP contribution < -0.4 is 14.8 Å². The molecular formula is C27H30N2O4S. The highest BCUT2D eigenvalue weighted by atomic mass is 32.1. The van der Waals surface area contributed by atoms with E-state index in [9.17, 15) is 9.59 Å². The minimum Gasteiger partial charge on any atom is -0.490 e. The van der Waals surface area contributed by atoms with Crippen molar-refractivity contribution in [2.75, 3.05) is 26.8 Å². The van der Waals surface area contributed by atoms with E-state index in [2.05, 4.69) is 5.32 Å². The Balaban J connectivity index is 1.53. The fraction of sp³-hybridized carbons (Fsp3) is 0.333. The third-order valence-corrected chi connectivity index (χ3v) is 6.96. The van der Waals surface area contributed by atoms with Gasteiger partial charge in [-0.15, -0.1) is 11.3 Å². The largest absolute Gasteiger partial charge is 0.490 e. The van der Waals surface area contributed by atoms with Crippen LogP contribution in [-0.4, -0.2) is 43.5 Å². The molecule has 0 bridgehead atoms. The molecule has 178 valence electrons. The molecule has 0 saturated carbocycles. The number of nitrogens with one attached hydrogen (secondary N) is 1. The molecule has 2 atom stereocenters. The van der Waals surface area contributed by atoms with Crippen molar-refractivity contribution < 1.29 is 19.1 Å². The van der Waals surface area contributed by atoms with Crippen molar-refractivity contribution >= 4 is 23.2 Å². The van der Waals surface area contributed by atoms with E-state index in [1.807, 2.05) is 67.8 Å². The highest BCUT2D eigenvalue weighted by Gasteiger charge is 2.42. The lowest BCUT2D eigenvalue weighted by Crippen LogP contribution is -2.45. The van der Waals surface area contributed by atoms with Crippen LogP contribution in [0, 0.1) is 0 Å². The number of hydrogen-bond donors (Lipinski definition) is 1. The molecule has 0 spiro atoms. The summed E-state index contributed by atoms with van der Waals surface area (Å²) in [4.78, 5) is 29.2. The minimum absolute atomic E-state index is 0.0594. The quantitative estimate of drug-likeness (QED) is 0.479. The Morgan fingerprint density at radius 1 is 1.03 bits per heavy atom. The van der Waals surface area contributed by atoms with Crippen molar-refractivity contribution in [3.63, 3.8) is 0 Å². The van der Waals surface area contributed by atoms with Crippen LogP contribution in [-0.2, 0) is 11.2 Å². The number of thiophene rings is 1. The summed E-state index contributed by atoms with van der Waals surface area (Å²) < 4.78 is 11.4. The molecule has 1 aromatic heterocycles. The van der Waals surface area contributed by atoms with Crippen molar-refractivity contribution in [3.05, 3.63) is 81.5 Å². The lowest BCUT2D eigenvalue weighted by atomic mass is 9.81. The molecule has 0 radical (unpaired) electrons. The SMILES string of the molecule is CCOc1ccc(CCNC(=O)C2c3ccccc3C(=O)N(C)C2c2cccs2)cc1OCC. The van der Waals surface area contributed by atoms with Gasteiger partial charge in [0.2, 0.25) is 5.91 Å². The van der Waals surface area contributed by atoms with Crippen LogP contribution in [0.15, 0.2) is 60.0 Å². The Bertz CT molecular complexity index is 1150. The third-order valence-electron chi connectivity index (χ3n) is 6.02. The molecule has 4 rings (SSSR count). The van der Waals surface area contributed by atoms with E-state index in [1.165, 1.54) is 0 Å². The topological polar surface area (TPSA) is 67.9 Å². The number of carbonyl (C=O) groups excluding carboxylic acids is 2. The van der Waals surface area contributed by atoms with Gasteiger partial charge < -0.3 is 19.7 Å². The van der Waals surface area contributed by atoms with Gasteiger partial charge in [0.15, 0.2) is 11.5 Å². The second-order valence-electron chi connectivity index (χ2n) is 8.13. The molecule has 2 aromatic carbocycles. The van der Waals surface area contributed by atoms with E-state index in [-0.39, 0.29) is 17.9 Å². The molecule has 1 aliphatic heterocycles. The maximum Gasteiger partial charge on any atom is 0.254 e. The van der Waals surface area contributed by atoms with Crippen LogP contribution in [0.25, 0.3) is 0 Å². The van der Waals surface area contributed by atoms with Crippen molar-refractivity contribution in [2.24, 2.45) is 0 Å². The zero-order valence-corrected chi connectivity index (χ0v) is 20.6. The molecule has 1 aliphatic rings. The van der Waals surface area contributed by atoms with Crippen LogP contribution >= 0.6 is 11.3 Å². The van der Waals surface area contributed by atoms with Gasteiger partial charge in [-0.05, 0) is 61.0 Å². The molecule has 3 aromatic rings. The fourth-order valence-corrected chi connectivity index (χ4v) is 5.37. The molecule has 0 aliphatic carbocycles. The Labute approximate surface area is 204 Å². The molecule has 2 amide bonds. The Morgan fingerprint density at radius 3 is 2.53 bits per heavy atom. The highest BCUT2D eigenvalue weighted by Crippen LogP contribution is 2.43. The van der Waals surface area contributed by atoms with Crippen LogP contribution in [0.2, 0.25) is 0 Å². The van der Waals surface area contributed by atoms with Gasteiger partial charge in [-0.2, -0.15) is 0 Å². The van der Waals surface area contributed by atoms with E-state index in [0.29, 0.717) is 37.5 Å². The average Bonchev–Trinajstić information content (AvgIpc) is 3.37. The van der Waals surface area contributed by atoms with Crippen molar-refractivity contribution in [3.8, 4) is 11.5 Å². The summed E-state index contributed by atoms with van der Waals surface area (Å²) in [6.07, 6.45) is 0.658.